The number of halogens is 2. The zero-order valence-corrected chi connectivity index (χ0v) is 14.2. The number of ether oxygens (including phenoxy) is 1. The highest BCUT2D eigenvalue weighted by atomic mass is 19.2. The Balaban J connectivity index is 1.75. The predicted octanol–water partition coefficient (Wildman–Crippen LogP) is 2.47. The molecule has 0 amide bonds. The summed E-state index contributed by atoms with van der Waals surface area (Å²) in [6.07, 6.45) is 2.63. The molecule has 1 fully saturated rings. The molecular weight excluding hydrogens is 344 g/mol. The number of hydrogen-bond donors (Lipinski definition) is 2. The SMILES string of the molecule is COC(=O)C1CCN(c2ncnc(Nc3ccc(F)c(F)c3)c2N)CC1. The van der Waals surface area contributed by atoms with Gasteiger partial charge in [-0.3, -0.25) is 4.79 Å². The van der Waals surface area contributed by atoms with Crippen LogP contribution in [-0.4, -0.2) is 36.1 Å². The van der Waals surface area contributed by atoms with Crippen molar-refractivity contribution in [2.75, 3.05) is 36.1 Å². The lowest BCUT2D eigenvalue weighted by Gasteiger charge is -2.32. The van der Waals surface area contributed by atoms with Crippen molar-refractivity contribution in [2.24, 2.45) is 5.92 Å². The van der Waals surface area contributed by atoms with E-state index < -0.39 is 11.6 Å². The van der Waals surface area contributed by atoms with Gasteiger partial charge < -0.3 is 20.7 Å². The van der Waals surface area contributed by atoms with Gasteiger partial charge in [0.05, 0.1) is 13.0 Å². The molecule has 2 aromatic rings. The van der Waals surface area contributed by atoms with Crippen LogP contribution in [0.4, 0.5) is 31.8 Å². The average Bonchev–Trinajstić information content (AvgIpc) is 2.66. The quantitative estimate of drug-likeness (QED) is 0.806. The van der Waals surface area contributed by atoms with Crippen LogP contribution in [0, 0.1) is 17.6 Å². The fourth-order valence-corrected chi connectivity index (χ4v) is 2.94. The topological polar surface area (TPSA) is 93.4 Å². The Morgan fingerprint density at radius 2 is 2.00 bits per heavy atom. The van der Waals surface area contributed by atoms with E-state index in [0.717, 1.165) is 12.1 Å². The largest absolute Gasteiger partial charge is 0.469 e. The van der Waals surface area contributed by atoms with Crippen molar-refractivity contribution in [3.05, 3.63) is 36.2 Å². The second-order valence-corrected chi connectivity index (χ2v) is 6.00. The van der Waals surface area contributed by atoms with Crippen molar-refractivity contribution in [1.82, 2.24) is 9.97 Å². The number of piperidine rings is 1. The fraction of sp³-hybridized carbons (Fsp3) is 0.353. The number of nitrogens with two attached hydrogens (primary N) is 1. The summed E-state index contributed by atoms with van der Waals surface area (Å²) in [5.74, 6) is -1.39. The van der Waals surface area contributed by atoms with Crippen molar-refractivity contribution < 1.29 is 18.3 Å². The molecule has 1 saturated heterocycles. The number of nitrogens with zero attached hydrogens (tertiary/aromatic N) is 3. The highest BCUT2D eigenvalue weighted by Crippen LogP contribution is 2.31. The summed E-state index contributed by atoms with van der Waals surface area (Å²) >= 11 is 0. The van der Waals surface area contributed by atoms with Gasteiger partial charge in [0.2, 0.25) is 0 Å². The highest BCUT2D eigenvalue weighted by Gasteiger charge is 2.27. The zero-order valence-electron chi connectivity index (χ0n) is 14.2. The first-order chi connectivity index (χ1) is 12.5. The van der Waals surface area contributed by atoms with E-state index in [1.165, 1.54) is 19.5 Å². The number of anilines is 4. The molecule has 0 bridgehead atoms. The van der Waals surface area contributed by atoms with Crippen LogP contribution in [0.3, 0.4) is 0 Å². The van der Waals surface area contributed by atoms with Crippen LogP contribution in [0.15, 0.2) is 24.5 Å². The van der Waals surface area contributed by atoms with Gasteiger partial charge in [-0.1, -0.05) is 0 Å². The molecule has 1 aromatic carbocycles. The molecule has 0 radical (unpaired) electrons. The maximum absolute atomic E-state index is 13.4. The Kier molecular flexibility index (Phi) is 5.15. The minimum Gasteiger partial charge on any atom is -0.469 e. The Labute approximate surface area is 149 Å². The van der Waals surface area contributed by atoms with E-state index in [0.29, 0.717) is 48.9 Å². The highest BCUT2D eigenvalue weighted by molar-refractivity contribution is 5.78. The molecule has 9 heteroatoms. The number of carbonyl (C=O) groups excluding carboxylic acids is 1. The second-order valence-electron chi connectivity index (χ2n) is 6.00. The van der Waals surface area contributed by atoms with Gasteiger partial charge in [-0.2, -0.15) is 0 Å². The number of methoxy groups -OCH3 is 1. The fourth-order valence-electron chi connectivity index (χ4n) is 2.94. The Hall–Kier alpha value is -2.97. The number of nitrogens with one attached hydrogen (secondary N) is 1. The predicted molar refractivity (Wildman–Crippen MR) is 93.0 cm³/mol. The summed E-state index contributed by atoms with van der Waals surface area (Å²) < 4.78 is 31.2. The summed E-state index contributed by atoms with van der Waals surface area (Å²) in [4.78, 5) is 21.9. The number of esters is 1. The maximum atomic E-state index is 13.4. The summed E-state index contributed by atoms with van der Waals surface area (Å²) in [5.41, 5.74) is 6.79. The monoisotopic (exact) mass is 363 g/mol. The molecule has 0 aliphatic carbocycles. The summed E-state index contributed by atoms with van der Waals surface area (Å²) in [7, 11) is 1.38. The van der Waals surface area contributed by atoms with E-state index in [1.807, 2.05) is 4.90 Å². The third-order valence-corrected chi connectivity index (χ3v) is 4.37. The molecule has 0 unspecified atom stereocenters. The van der Waals surface area contributed by atoms with Crippen LogP contribution in [0.25, 0.3) is 0 Å². The number of rotatable bonds is 4. The Morgan fingerprint density at radius 3 is 2.65 bits per heavy atom. The lowest BCUT2D eigenvalue weighted by Crippen LogP contribution is -2.37. The van der Waals surface area contributed by atoms with Crippen LogP contribution >= 0.6 is 0 Å². The third kappa shape index (κ3) is 3.66. The summed E-state index contributed by atoms with van der Waals surface area (Å²) in [6, 6.07) is 3.44. The van der Waals surface area contributed by atoms with Crippen LogP contribution in [-0.2, 0) is 9.53 Å². The summed E-state index contributed by atoms with van der Waals surface area (Å²) in [6.45, 7) is 1.21. The van der Waals surface area contributed by atoms with Gasteiger partial charge in [0.25, 0.3) is 0 Å². The van der Waals surface area contributed by atoms with E-state index >= 15 is 0 Å². The molecule has 3 rings (SSSR count). The molecular formula is C17H19F2N5O2. The van der Waals surface area contributed by atoms with Gasteiger partial charge >= 0.3 is 5.97 Å². The van der Waals surface area contributed by atoms with E-state index in [1.54, 1.807) is 0 Å². The first-order valence-electron chi connectivity index (χ1n) is 8.15. The molecule has 1 aliphatic rings. The number of hydrogen-bond acceptors (Lipinski definition) is 7. The van der Waals surface area contributed by atoms with Crippen LogP contribution in [0.5, 0.6) is 0 Å². The number of nitrogen functional groups attached to an aromatic ring is 1. The van der Waals surface area contributed by atoms with Crippen LogP contribution < -0.4 is 16.0 Å². The van der Waals surface area contributed by atoms with Crippen molar-refractivity contribution in [3.63, 3.8) is 0 Å². The van der Waals surface area contributed by atoms with Gasteiger partial charge in [-0.15, -0.1) is 0 Å². The smallest absolute Gasteiger partial charge is 0.308 e. The number of benzene rings is 1. The second kappa shape index (κ2) is 7.51. The lowest BCUT2D eigenvalue weighted by atomic mass is 9.97. The Bertz CT molecular complexity index is 810. The van der Waals surface area contributed by atoms with Crippen molar-refractivity contribution >= 4 is 29.0 Å². The van der Waals surface area contributed by atoms with E-state index in [-0.39, 0.29) is 11.9 Å². The molecule has 1 aromatic heterocycles. The molecule has 3 N–H and O–H groups in total. The van der Waals surface area contributed by atoms with Crippen molar-refractivity contribution in [2.45, 2.75) is 12.8 Å². The van der Waals surface area contributed by atoms with Crippen molar-refractivity contribution in [1.29, 1.82) is 0 Å². The van der Waals surface area contributed by atoms with Gasteiger partial charge in [0.1, 0.15) is 12.0 Å². The van der Waals surface area contributed by atoms with Crippen molar-refractivity contribution in [3.8, 4) is 0 Å². The average molecular weight is 363 g/mol. The first-order valence-corrected chi connectivity index (χ1v) is 8.15. The zero-order chi connectivity index (χ0) is 18.7. The van der Waals surface area contributed by atoms with E-state index in [9.17, 15) is 13.6 Å². The molecule has 0 saturated carbocycles. The third-order valence-electron chi connectivity index (χ3n) is 4.37. The minimum atomic E-state index is -0.965. The van der Waals surface area contributed by atoms with Gasteiger partial charge in [-0.05, 0) is 25.0 Å². The number of aromatic nitrogens is 2. The first kappa shape index (κ1) is 17.8. The maximum Gasteiger partial charge on any atom is 0.308 e. The standard InChI is InChI=1S/C17H19F2N5O2/c1-26-17(25)10-4-6-24(7-5-10)16-14(20)15(21-9-22-16)23-11-2-3-12(18)13(19)8-11/h2-3,8-10H,4-7,20H2,1H3,(H,21,22,23). The Morgan fingerprint density at radius 1 is 1.27 bits per heavy atom. The summed E-state index contributed by atoms with van der Waals surface area (Å²) in [5, 5.41) is 2.87. The minimum absolute atomic E-state index is 0.126. The molecule has 7 nitrogen and oxygen atoms in total. The molecule has 0 spiro atoms. The molecule has 138 valence electrons. The number of carbonyl (C=O) groups is 1. The van der Waals surface area contributed by atoms with Crippen LogP contribution in [0.2, 0.25) is 0 Å². The molecule has 1 aliphatic heterocycles. The van der Waals surface area contributed by atoms with Gasteiger partial charge in [0.15, 0.2) is 23.3 Å². The van der Waals surface area contributed by atoms with Gasteiger partial charge in [0, 0.05) is 24.8 Å². The normalized spacial score (nSPS) is 15.0. The van der Waals surface area contributed by atoms with Gasteiger partial charge in [-0.25, -0.2) is 18.7 Å². The van der Waals surface area contributed by atoms with E-state index in [2.05, 4.69) is 15.3 Å². The molecule has 0 atom stereocenters. The van der Waals surface area contributed by atoms with Crippen LogP contribution in [0.1, 0.15) is 12.8 Å². The van der Waals surface area contributed by atoms with E-state index in [4.69, 9.17) is 10.5 Å². The lowest BCUT2D eigenvalue weighted by molar-refractivity contribution is -0.146. The molecule has 26 heavy (non-hydrogen) atoms. The molecule has 2 heterocycles.